The molecule has 2 aliphatic heterocycles. The maximum absolute atomic E-state index is 14.0. The fraction of sp³-hybridized carbons (Fsp3) is 0.323. The minimum atomic E-state index is -5.24. The maximum Gasteiger partial charge on any atom is 0.471 e. The Balaban J connectivity index is 1.39. The van der Waals surface area contributed by atoms with E-state index in [2.05, 4.69) is 4.98 Å². The van der Waals surface area contributed by atoms with Crippen molar-refractivity contribution >= 4 is 28.6 Å². The number of carbonyl (C=O) groups excluding carboxylic acids is 2. The summed E-state index contributed by atoms with van der Waals surface area (Å²) >= 11 is 0. The Morgan fingerprint density at radius 1 is 1.00 bits per heavy atom. The van der Waals surface area contributed by atoms with Crippen LogP contribution in [0.5, 0.6) is 17.2 Å². The zero-order valence-electron chi connectivity index (χ0n) is 24.2. The van der Waals surface area contributed by atoms with Crippen molar-refractivity contribution in [3.05, 3.63) is 71.5 Å². The van der Waals surface area contributed by atoms with Gasteiger partial charge < -0.3 is 18.9 Å². The van der Waals surface area contributed by atoms with Crippen LogP contribution in [0, 0.1) is 6.92 Å². The van der Waals surface area contributed by atoms with Crippen molar-refractivity contribution in [1.82, 2.24) is 9.55 Å². The van der Waals surface area contributed by atoms with Crippen LogP contribution in [0.25, 0.3) is 16.7 Å². The molecular formula is C31H25F6N3O6. The fourth-order valence-corrected chi connectivity index (χ4v) is 5.78. The highest BCUT2D eigenvalue weighted by molar-refractivity contribution is 5.98. The minimum absolute atomic E-state index is 0.0129. The first kappa shape index (κ1) is 31.0. The molecule has 0 saturated carbocycles. The van der Waals surface area contributed by atoms with Gasteiger partial charge in [-0.15, -0.1) is 0 Å². The minimum Gasteiger partial charge on any atom is -0.493 e. The third-order valence-corrected chi connectivity index (χ3v) is 7.78. The van der Waals surface area contributed by atoms with Crippen LogP contribution in [0.4, 0.5) is 32.0 Å². The number of amides is 1. The van der Waals surface area contributed by atoms with Gasteiger partial charge in [-0.2, -0.15) is 26.3 Å². The van der Waals surface area contributed by atoms with E-state index in [4.69, 9.17) is 18.9 Å². The fourth-order valence-electron chi connectivity index (χ4n) is 5.78. The molecule has 0 N–H and O–H groups in total. The van der Waals surface area contributed by atoms with Crippen LogP contribution in [-0.2, 0) is 14.3 Å². The Morgan fingerprint density at radius 3 is 2.50 bits per heavy atom. The van der Waals surface area contributed by atoms with Crippen molar-refractivity contribution in [2.24, 2.45) is 0 Å². The number of benzene rings is 3. The van der Waals surface area contributed by atoms with Gasteiger partial charge in [0, 0.05) is 34.9 Å². The Morgan fingerprint density at radius 2 is 1.78 bits per heavy atom. The van der Waals surface area contributed by atoms with E-state index in [-0.39, 0.29) is 54.1 Å². The van der Waals surface area contributed by atoms with E-state index in [0.29, 0.717) is 33.0 Å². The first-order valence-electron chi connectivity index (χ1n) is 13.9. The summed E-state index contributed by atoms with van der Waals surface area (Å²) < 4.78 is 103. The molecule has 3 heterocycles. The monoisotopic (exact) mass is 649 g/mol. The quantitative estimate of drug-likeness (QED) is 0.170. The van der Waals surface area contributed by atoms with E-state index < -0.39 is 36.9 Å². The van der Waals surface area contributed by atoms with Crippen molar-refractivity contribution < 1.29 is 54.9 Å². The summed E-state index contributed by atoms with van der Waals surface area (Å²) in [6.07, 6.45) is -9.78. The van der Waals surface area contributed by atoms with Crippen LogP contribution < -0.4 is 19.1 Å². The predicted octanol–water partition coefficient (Wildman–Crippen LogP) is 6.34. The molecule has 1 aromatic heterocycles. The van der Waals surface area contributed by atoms with Crippen LogP contribution in [0.15, 0.2) is 54.6 Å². The van der Waals surface area contributed by atoms with Gasteiger partial charge in [-0.1, -0.05) is 18.2 Å². The van der Waals surface area contributed by atoms with Crippen molar-refractivity contribution in [1.29, 1.82) is 0 Å². The average molecular weight is 650 g/mol. The molecular weight excluding hydrogens is 624 g/mol. The number of esters is 1. The van der Waals surface area contributed by atoms with Crippen LogP contribution >= 0.6 is 0 Å². The van der Waals surface area contributed by atoms with Crippen LogP contribution in [0.2, 0.25) is 0 Å². The molecule has 0 spiro atoms. The maximum atomic E-state index is 14.0. The first-order valence-corrected chi connectivity index (χ1v) is 13.9. The summed E-state index contributed by atoms with van der Waals surface area (Å²) in [5.74, 6) is -2.19. The first-order chi connectivity index (χ1) is 21.7. The van der Waals surface area contributed by atoms with Crippen LogP contribution in [0.1, 0.15) is 35.3 Å². The van der Waals surface area contributed by atoms with E-state index in [1.54, 1.807) is 23.6 Å². The van der Waals surface area contributed by atoms with Gasteiger partial charge in [0.2, 0.25) is 0 Å². The van der Waals surface area contributed by atoms with Crippen molar-refractivity contribution in [3.63, 3.8) is 0 Å². The van der Waals surface area contributed by atoms with E-state index in [0.717, 1.165) is 0 Å². The number of methoxy groups -OCH3 is 1. The molecule has 0 saturated heterocycles. The number of carbonyl (C=O) groups is 2. The molecule has 2 aliphatic rings. The lowest BCUT2D eigenvalue weighted by Crippen LogP contribution is -2.44. The van der Waals surface area contributed by atoms with Gasteiger partial charge in [0.05, 0.1) is 42.9 Å². The van der Waals surface area contributed by atoms with Crippen LogP contribution in [0.3, 0.4) is 0 Å². The van der Waals surface area contributed by atoms with Gasteiger partial charge in [0.15, 0.2) is 6.61 Å². The number of nitrogens with zero attached hydrogens (tertiary/aromatic N) is 3. The highest BCUT2D eigenvalue weighted by atomic mass is 19.4. The number of ether oxygens (including phenoxy) is 4. The molecule has 0 aliphatic carbocycles. The smallest absolute Gasteiger partial charge is 0.471 e. The van der Waals surface area contributed by atoms with Gasteiger partial charge >= 0.3 is 24.2 Å². The standard InChI is InChI=1S/C31H25F6N3O6/c1-16-38-22-9-7-19(46-15-30(32,33)34)12-24(22)39(16)23-5-3-4-21-25(14-45-28(21)23)40(29(42)31(35,36)37)18-6-8-20-17(10-27(41)43-2)13-44-26(20)11-18/h3-9,11-12,17,25H,10,13-15H2,1-2H3/t17-,25-/m1/s1. The Hall–Kier alpha value is -4.95. The van der Waals surface area contributed by atoms with Crippen LogP contribution in [-0.4, -0.2) is 60.7 Å². The normalized spacial score (nSPS) is 17.2. The number of fused-ring (bicyclic) bond motifs is 3. The van der Waals surface area contributed by atoms with E-state index in [9.17, 15) is 35.9 Å². The van der Waals surface area contributed by atoms with Crippen molar-refractivity contribution in [2.45, 2.75) is 37.7 Å². The SMILES string of the molecule is COC(=O)C[C@@H]1COc2cc(N(C(=O)C(F)(F)F)[C@@H]3COc4c3cccc4-n3c(C)nc4ccc(OCC(F)(F)F)cc43)ccc21. The molecule has 0 bridgehead atoms. The van der Waals surface area contributed by atoms with E-state index >= 15 is 0 Å². The average Bonchev–Trinajstić information content (AvgIpc) is 3.70. The predicted molar refractivity (Wildman–Crippen MR) is 150 cm³/mol. The number of anilines is 1. The summed E-state index contributed by atoms with van der Waals surface area (Å²) in [5.41, 5.74) is 1.93. The molecule has 9 nitrogen and oxygen atoms in total. The summed E-state index contributed by atoms with van der Waals surface area (Å²) in [4.78, 5) is 29.8. The number of rotatable bonds is 7. The Labute approximate surface area is 257 Å². The van der Waals surface area contributed by atoms with Gasteiger partial charge in [-0.3, -0.25) is 19.1 Å². The molecule has 2 atom stereocenters. The number of aryl methyl sites for hydroxylation is 1. The molecule has 242 valence electrons. The largest absolute Gasteiger partial charge is 0.493 e. The van der Waals surface area contributed by atoms with Crippen molar-refractivity contribution in [2.75, 3.05) is 31.8 Å². The highest BCUT2D eigenvalue weighted by Crippen LogP contribution is 2.46. The van der Waals surface area contributed by atoms with Gasteiger partial charge in [-0.05, 0) is 31.2 Å². The molecule has 1 amide bonds. The highest BCUT2D eigenvalue weighted by Gasteiger charge is 2.48. The van der Waals surface area contributed by atoms with Crippen molar-refractivity contribution in [3.8, 4) is 22.9 Å². The lowest BCUT2D eigenvalue weighted by molar-refractivity contribution is -0.171. The molecule has 6 rings (SSSR count). The van der Waals surface area contributed by atoms with Gasteiger partial charge in [-0.25, -0.2) is 4.98 Å². The van der Waals surface area contributed by atoms with Gasteiger partial charge in [0.1, 0.15) is 29.7 Å². The second-order valence-electron chi connectivity index (χ2n) is 10.8. The van der Waals surface area contributed by atoms with E-state index in [1.165, 1.54) is 49.6 Å². The molecule has 4 aromatic rings. The molecule has 46 heavy (non-hydrogen) atoms. The molecule has 0 radical (unpaired) electrons. The lowest BCUT2D eigenvalue weighted by atomic mass is 9.97. The third-order valence-electron chi connectivity index (χ3n) is 7.78. The second kappa shape index (κ2) is 11.4. The number of hydrogen-bond acceptors (Lipinski definition) is 7. The lowest BCUT2D eigenvalue weighted by Gasteiger charge is -2.29. The summed E-state index contributed by atoms with van der Waals surface area (Å²) in [6.45, 7) is -0.0663. The Bertz CT molecular complexity index is 1840. The zero-order chi connectivity index (χ0) is 33.0. The second-order valence-corrected chi connectivity index (χ2v) is 10.8. The van der Waals surface area contributed by atoms with Gasteiger partial charge in [0.25, 0.3) is 0 Å². The molecule has 15 heteroatoms. The Kier molecular flexibility index (Phi) is 7.73. The summed E-state index contributed by atoms with van der Waals surface area (Å²) in [7, 11) is 1.25. The molecule has 0 unspecified atom stereocenters. The third kappa shape index (κ3) is 5.76. The number of aromatic nitrogens is 2. The molecule has 3 aromatic carbocycles. The number of alkyl halides is 6. The number of halogens is 6. The van der Waals surface area contributed by atoms with E-state index in [1.807, 2.05) is 0 Å². The number of imidazole rings is 1. The number of para-hydroxylation sites is 1. The number of hydrogen-bond donors (Lipinski definition) is 0. The summed E-state index contributed by atoms with van der Waals surface area (Å²) in [6, 6.07) is 12.0. The summed E-state index contributed by atoms with van der Waals surface area (Å²) in [5, 5.41) is 0. The molecule has 0 fully saturated rings. The zero-order valence-corrected chi connectivity index (χ0v) is 24.2. The topological polar surface area (TPSA) is 92.1 Å².